The van der Waals surface area contributed by atoms with E-state index in [1.807, 2.05) is 0 Å². The number of hydrogen-bond donors (Lipinski definition) is 2. The average Bonchev–Trinajstić information content (AvgIpc) is 2.64. The van der Waals surface area contributed by atoms with Crippen LogP contribution < -0.4 is 10.9 Å². The molecule has 3 rings (SSSR count). The summed E-state index contributed by atoms with van der Waals surface area (Å²) in [5, 5.41) is 13.7. The van der Waals surface area contributed by atoms with Crippen LogP contribution in [0.3, 0.4) is 0 Å². The number of aliphatic hydroxyl groups excluding tert-OH is 1. The molecular weight excluding hydrogens is 335 g/mol. The van der Waals surface area contributed by atoms with Crippen LogP contribution in [0.25, 0.3) is 10.9 Å². The van der Waals surface area contributed by atoms with Gasteiger partial charge in [-0.05, 0) is 30.7 Å². The third-order valence-corrected chi connectivity index (χ3v) is 4.42. The van der Waals surface area contributed by atoms with Crippen molar-refractivity contribution in [3.8, 4) is 0 Å². The van der Waals surface area contributed by atoms with Gasteiger partial charge in [-0.3, -0.25) is 9.59 Å². The molecule has 0 fully saturated rings. The number of hydrogen-bond acceptors (Lipinski definition) is 3. The molecule has 6 heteroatoms. The molecule has 0 bridgehead atoms. The van der Waals surface area contributed by atoms with Crippen LogP contribution in [0.2, 0.25) is 0 Å². The van der Waals surface area contributed by atoms with Crippen LogP contribution in [0.4, 0.5) is 4.39 Å². The largest absolute Gasteiger partial charge is 0.386 e. The summed E-state index contributed by atoms with van der Waals surface area (Å²) in [6.07, 6.45) is -1.08. The molecule has 134 valence electrons. The molecule has 0 aliphatic carbocycles. The summed E-state index contributed by atoms with van der Waals surface area (Å²) >= 11 is 0. The molecule has 2 atom stereocenters. The number of nitrogens with zero attached hydrogens (tertiary/aromatic N) is 1. The summed E-state index contributed by atoms with van der Waals surface area (Å²) < 4.78 is 14.8. The second-order valence-electron chi connectivity index (χ2n) is 6.23. The molecule has 2 N–H and O–H groups in total. The van der Waals surface area contributed by atoms with Gasteiger partial charge in [0.1, 0.15) is 5.82 Å². The summed E-state index contributed by atoms with van der Waals surface area (Å²) in [6.45, 7) is 1.62. The van der Waals surface area contributed by atoms with Crippen LogP contribution in [0.15, 0.2) is 59.4 Å². The van der Waals surface area contributed by atoms with Crippen LogP contribution in [0.1, 0.15) is 28.9 Å². The van der Waals surface area contributed by atoms with E-state index in [2.05, 4.69) is 5.32 Å². The fourth-order valence-corrected chi connectivity index (χ4v) is 2.94. The quantitative estimate of drug-likeness (QED) is 0.756. The summed E-state index contributed by atoms with van der Waals surface area (Å²) in [5.41, 5.74) is 0.948. The van der Waals surface area contributed by atoms with E-state index in [9.17, 15) is 19.1 Å². The Morgan fingerprint density at radius 2 is 1.88 bits per heavy atom. The first-order valence-electron chi connectivity index (χ1n) is 8.21. The number of halogens is 1. The lowest BCUT2D eigenvalue weighted by atomic mass is 10.0. The highest BCUT2D eigenvalue weighted by atomic mass is 19.1. The van der Waals surface area contributed by atoms with Crippen molar-refractivity contribution in [2.45, 2.75) is 19.1 Å². The second kappa shape index (κ2) is 7.09. The number of pyridine rings is 1. The van der Waals surface area contributed by atoms with Gasteiger partial charge >= 0.3 is 0 Å². The van der Waals surface area contributed by atoms with Crippen molar-refractivity contribution in [1.82, 2.24) is 9.88 Å². The molecule has 0 radical (unpaired) electrons. The summed E-state index contributed by atoms with van der Waals surface area (Å²) in [4.78, 5) is 24.8. The monoisotopic (exact) mass is 354 g/mol. The number of benzene rings is 2. The van der Waals surface area contributed by atoms with Crippen molar-refractivity contribution >= 4 is 16.8 Å². The fraction of sp³-hybridized carbons (Fsp3) is 0.200. The van der Waals surface area contributed by atoms with E-state index in [-0.39, 0.29) is 11.1 Å². The lowest BCUT2D eigenvalue weighted by molar-refractivity contribution is 0.0853. The molecule has 0 saturated heterocycles. The topological polar surface area (TPSA) is 71.3 Å². The smallest absolute Gasteiger partial charge is 0.252 e. The Balaban J connectivity index is 1.90. The normalized spacial score (nSPS) is 13.4. The number of fused-ring (bicyclic) bond motifs is 1. The van der Waals surface area contributed by atoms with Gasteiger partial charge in [0.25, 0.3) is 11.5 Å². The average molecular weight is 354 g/mol. The first-order valence-corrected chi connectivity index (χ1v) is 8.21. The molecule has 1 heterocycles. The van der Waals surface area contributed by atoms with E-state index >= 15 is 0 Å². The Morgan fingerprint density at radius 1 is 1.15 bits per heavy atom. The van der Waals surface area contributed by atoms with E-state index in [1.165, 1.54) is 28.8 Å². The van der Waals surface area contributed by atoms with Crippen LogP contribution in [0, 0.1) is 5.82 Å². The molecule has 1 aromatic heterocycles. The Kier molecular flexibility index (Phi) is 4.86. The fourth-order valence-electron chi connectivity index (χ4n) is 2.94. The maximum Gasteiger partial charge on any atom is 0.252 e. The third-order valence-electron chi connectivity index (χ3n) is 4.42. The van der Waals surface area contributed by atoms with E-state index in [4.69, 9.17) is 0 Å². The maximum absolute atomic E-state index is 13.3. The number of para-hydroxylation sites is 1. The van der Waals surface area contributed by atoms with Crippen LogP contribution in [-0.2, 0) is 7.05 Å². The predicted octanol–water partition coefficient (Wildman–Crippen LogP) is 2.53. The number of rotatable bonds is 4. The van der Waals surface area contributed by atoms with Crippen molar-refractivity contribution in [3.63, 3.8) is 0 Å². The van der Waals surface area contributed by atoms with Gasteiger partial charge in [0, 0.05) is 18.5 Å². The SMILES string of the molecule is CC(NC(=O)c1cc(=O)n(C)c2ccccc12)C(O)c1cccc(F)c1. The summed E-state index contributed by atoms with van der Waals surface area (Å²) in [7, 11) is 1.64. The van der Waals surface area contributed by atoms with Gasteiger partial charge in [-0.25, -0.2) is 4.39 Å². The highest BCUT2D eigenvalue weighted by molar-refractivity contribution is 6.06. The standard InChI is InChI=1S/C20H19FN2O3/c1-12(19(25)13-6-5-7-14(21)10-13)22-20(26)16-11-18(24)23(2)17-9-4-3-8-15(16)17/h3-12,19,25H,1-2H3,(H,22,26). The maximum atomic E-state index is 13.3. The first-order chi connectivity index (χ1) is 12.4. The zero-order chi connectivity index (χ0) is 18.8. The number of aliphatic hydroxyl groups is 1. The summed E-state index contributed by atoms with van der Waals surface area (Å²) in [5.74, 6) is -0.931. The Morgan fingerprint density at radius 3 is 2.62 bits per heavy atom. The predicted molar refractivity (Wildman–Crippen MR) is 97.5 cm³/mol. The first kappa shape index (κ1) is 17.8. The second-order valence-corrected chi connectivity index (χ2v) is 6.23. The molecular formula is C20H19FN2O3. The Bertz CT molecular complexity index is 1030. The van der Waals surface area contributed by atoms with Crippen molar-refractivity contribution in [2.75, 3.05) is 0 Å². The molecule has 0 aliphatic rings. The van der Waals surface area contributed by atoms with Gasteiger partial charge in [-0.15, -0.1) is 0 Å². The zero-order valence-electron chi connectivity index (χ0n) is 14.4. The van der Waals surface area contributed by atoms with E-state index < -0.39 is 23.9 Å². The molecule has 3 aromatic rings. The highest BCUT2D eigenvalue weighted by Crippen LogP contribution is 2.20. The number of carbonyl (C=O) groups excluding carboxylic acids is 1. The van der Waals surface area contributed by atoms with Gasteiger partial charge in [0.2, 0.25) is 0 Å². The molecule has 5 nitrogen and oxygen atoms in total. The number of nitrogens with one attached hydrogen (secondary N) is 1. The number of carbonyl (C=O) groups is 1. The van der Waals surface area contributed by atoms with E-state index in [1.54, 1.807) is 44.3 Å². The van der Waals surface area contributed by atoms with Gasteiger partial charge in [0.05, 0.1) is 23.2 Å². The minimum absolute atomic E-state index is 0.238. The number of aryl methyl sites for hydroxylation is 1. The van der Waals surface area contributed by atoms with Crippen molar-refractivity contribution in [1.29, 1.82) is 0 Å². The highest BCUT2D eigenvalue weighted by Gasteiger charge is 2.21. The van der Waals surface area contributed by atoms with Gasteiger partial charge in [-0.1, -0.05) is 30.3 Å². The van der Waals surface area contributed by atoms with Gasteiger partial charge < -0.3 is 15.0 Å². The van der Waals surface area contributed by atoms with Crippen LogP contribution >= 0.6 is 0 Å². The molecule has 0 aliphatic heterocycles. The molecule has 1 amide bonds. The molecule has 2 unspecified atom stereocenters. The number of aromatic nitrogens is 1. The molecule has 0 spiro atoms. The van der Waals surface area contributed by atoms with Crippen LogP contribution in [0.5, 0.6) is 0 Å². The van der Waals surface area contributed by atoms with Crippen molar-refractivity contribution < 1.29 is 14.3 Å². The number of amides is 1. The van der Waals surface area contributed by atoms with Gasteiger partial charge in [-0.2, -0.15) is 0 Å². The third kappa shape index (κ3) is 3.36. The molecule has 0 saturated carbocycles. The zero-order valence-corrected chi connectivity index (χ0v) is 14.4. The van der Waals surface area contributed by atoms with Crippen LogP contribution in [-0.4, -0.2) is 21.6 Å². The lowest BCUT2D eigenvalue weighted by Gasteiger charge is -2.21. The Hall–Kier alpha value is -2.99. The van der Waals surface area contributed by atoms with Crippen molar-refractivity contribution in [2.24, 2.45) is 7.05 Å². The summed E-state index contributed by atoms with van der Waals surface area (Å²) in [6, 6.07) is 13.3. The Labute approximate surface area is 149 Å². The minimum atomic E-state index is -1.08. The minimum Gasteiger partial charge on any atom is -0.386 e. The van der Waals surface area contributed by atoms with E-state index in [0.717, 1.165) is 0 Å². The van der Waals surface area contributed by atoms with E-state index in [0.29, 0.717) is 16.5 Å². The molecule has 26 heavy (non-hydrogen) atoms. The lowest BCUT2D eigenvalue weighted by Crippen LogP contribution is -2.37. The van der Waals surface area contributed by atoms with Crippen molar-refractivity contribution in [3.05, 3.63) is 81.9 Å². The molecule has 2 aromatic carbocycles. The van der Waals surface area contributed by atoms with Gasteiger partial charge in [0.15, 0.2) is 0 Å².